The number of piperidine rings is 2. The molecular formula is C18H32N2O3. The van der Waals surface area contributed by atoms with Crippen LogP contribution in [-0.4, -0.2) is 60.9 Å². The molecule has 0 aromatic rings. The monoisotopic (exact) mass is 324 g/mol. The molecule has 2 N–H and O–H groups in total. The summed E-state index contributed by atoms with van der Waals surface area (Å²) >= 11 is 0. The number of nitrogens with one attached hydrogen (secondary N) is 1. The van der Waals surface area contributed by atoms with Gasteiger partial charge in [0.1, 0.15) is 0 Å². The minimum Gasteiger partial charge on any atom is -0.392 e. The highest BCUT2D eigenvalue weighted by atomic mass is 16.5. The van der Waals surface area contributed by atoms with Crippen LogP contribution in [0.25, 0.3) is 0 Å². The molecule has 2 heterocycles. The normalized spacial score (nSPS) is 31.1. The van der Waals surface area contributed by atoms with Crippen molar-refractivity contribution < 1.29 is 14.6 Å². The first-order valence-corrected chi connectivity index (χ1v) is 9.44. The molecule has 2 unspecified atom stereocenters. The third-order valence-corrected chi connectivity index (χ3v) is 6.38. The smallest absolute Gasteiger partial charge is 0.222 e. The van der Waals surface area contributed by atoms with Crippen molar-refractivity contribution in [2.24, 2.45) is 11.3 Å². The zero-order valence-corrected chi connectivity index (χ0v) is 14.4. The molecule has 0 aromatic heterocycles. The summed E-state index contributed by atoms with van der Waals surface area (Å²) in [6, 6.07) is 0. The lowest BCUT2D eigenvalue weighted by Gasteiger charge is -2.56. The number of hydrogen-bond donors (Lipinski definition) is 2. The lowest BCUT2D eigenvalue weighted by Crippen LogP contribution is -2.62. The van der Waals surface area contributed by atoms with E-state index in [1.165, 1.54) is 12.8 Å². The standard InChI is InChI=1S/C18H32N2O3/c1-2-23-16-13-15(21)18(16)7-11-20(12-8-18)17(22)4-3-14-5-9-19-10-6-14/h14-16,19,21H,2-13H2,1H3. The molecule has 1 aliphatic carbocycles. The number of carbonyl (C=O) groups is 1. The minimum atomic E-state index is -0.244. The van der Waals surface area contributed by atoms with Gasteiger partial charge in [0.2, 0.25) is 5.91 Å². The van der Waals surface area contributed by atoms with Crippen molar-refractivity contribution in [3.05, 3.63) is 0 Å². The van der Waals surface area contributed by atoms with Crippen molar-refractivity contribution in [2.45, 2.75) is 64.1 Å². The maximum Gasteiger partial charge on any atom is 0.222 e. The number of carbonyl (C=O) groups excluding carboxylic acids is 1. The van der Waals surface area contributed by atoms with Crippen molar-refractivity contribution in [1.82, 2.24) is 10.2 Å². The van der Waals surface area contributed by atoms with E-state index in [-0.39, 0.29) is 17.6 Å². The van der Waals surface area contributed by atoms with Crippen molar-refractivity contribution >= 4 is 5.91 Å². The number of rotatable bonds is 5. The summed E-state index contributed by atoms with van der Waals surface area (Å²) in [7, 11) is 0. The summed E-state index contributed by atoms with van der Waals surface area (Å²) < 4.78 is 5.79. The summed E-state index contributed by atoms with van der Waals surface area (Å²) in [5.74, 6) is 1.02. The number of nitrogens with zero attached hydrogens (tertiary/aromatic N) is 1. The molecule has 2 saturated heterocycles. The Labute approximate surface area is 139 Å². The van der Waals surface area contributed by atoms with E-state index < -0.39 is 0 Å². The molecule has 5 nitrogen and oxygen atoms in total. The van der Waals surface area contributed by atoms with Crippen molar-refractivity contribution in [1.29, 1.82) is 0 Å². The molecule has 0 bridgehead atoms. The zero-order valence-electron chi connectivity index (χ0n) is 14.4. The van der Waals surface area contributed by atoms with Gasteiger partial charge in [0.05, 0.1) is 12.2 Å². The van der Waals surface area contributed by atoms with Crippen molar-refractivity contribution in [3.8, 4) is 0 Å². The summed E-state index contributed by atoms with van der Waals surface area (Å²) in [6.07, 6.45) is 6.62. The highest BCUT2D eigenvalue weighted by Gasteiger charge is 2.56. The summed E-state index contributed by atoms with van der Waals surface area (Å²) in [5, 5.41) is 13.6. The minimum absolute atomic E-state index is 0.0815. The van der Waals surface area contributed by atoms with E-state index in [4.69, 9.17) is 4.74 Å². The Kier molecular flexibility index (Phi) is 5.60. The number of ether oxygens (including phenoxy) is 1. The van der Waals surface area contributed by atoms with Gasteiger partial charge in [0.25, 0.3) is 0 Å². The molecular weight excluding hydrogens is 292 g/mol. The Morgan fingerprint density at radius 1 is 1.30 bits per heavy atom. The van der Waals surface area contributed by atoms with Gasteiger partial charge < -0.3 is 20.1 Å². The van der Waals surface area contributed by atoms with Crippen LogP contribution in [0.3, 0.4) is 0 Å². The predicted octanol–water partition coefficient (Wildman–Crippen LogP) is 1.54. The second-order valence-corrected chi connectivity index (χ2v) is 7.54. The second-order valence-electron chi connectivity index (χ2n) is 7.54. The first kappa shape index (κ1) is 17.2. The number of aliphatic hydroxyl groups is 1. The van der Waals surface area contributed by atoms with Gasteiger partial charge in [0, 0.05) is 38.0 Å². The predicted molar refractivity (Wildman–Crippen MR) is 89.1 cm³/mol. The molecule has 1 amide bonds. The van der Waals surface area contributed by atoms with Gasteiger partial charge in [-0.05, 0) is 58.0 Å². The first-order valence-electron chi connectivity index (χ1n) is 9.44. The topological polar surface area (TPSA) is 61.8 Å². The van der Waals surface area contributed by atoms with Crippen LogP contribution in [0.2, 0.25) is 0 Å². The van der Waals surface area contributed by atoms with Crippen LogP contribution in [-0.2, 0) is 9.53 Å². The van der Waals surface area contributed by atoms with E-state index in [9.17, 15) is 9.90 Å². The van der Waals surface area contributed by atoms with Gasteiger partial charge in [0.15, 0.2) is 0 Å². The van der Waals surface area contributed by atoms with Gasteiger partial charge in [-0.25, -0.2) is 0 Å². The Balaban J connectivity index is 1.44. The Hall–Kier alpha value is -0.650. The molecule has 1 spiro atoms. The van der Waals surface area contributed by atoms with E-state index in [1.54, 1.807) is 0 Å². The van der Waals surface area contributed by atoms with Gasteiger partial charge >= 0.3 is 0 Å². The average Bonchev–Trinajstić information content (AvgIpc) is 2.60. The molecule has 132 valence electrons. The van der Waals surface area contributed by atoms with Crippen LogP contribution in [0, 0.1) is 11.3 Å². The fourth-order valence-corrected chi connectivity index (χ4v) is 4.65. The van der Waals surface area contributed by atoms with E-state index >= 15 is 0 Å². The molecule has 0 aromatic carbocycles. The molecule has 3 rings (SSSR count). The van der Waals surface area contributed by atoms with Crippen LogP contribution in [0.15, 0.2) is 0 Å². The lowest BCUT2D eigenvalue weighted by atomic mass is 9.58. The summed E-state index contributed by atoms with van der Waals surface area (Å²) in [5.41, 5.74) is -0.0815. The number of likely N-dealkylation sites (tertiary alicyclic amines) is 1. The SMILES string of the molecule is CCOC1CC(O)C12CCN(C(=O)CCC1CCNCC1)CC2. The quantitative estimate of drug-likeness (QED) is 0.805. The number of hydrogen-bond acceptors (Lipinski definition) is 4. The number of amides is 1. The van der Waals surface area contributed by atoms with Crippen LogP contribution in [0.4, 0.5) is 0 Å². The molecule has 23 heavy (non-hydrogen) atoms. The fourth-order valence-electron chi connectivity index (χ4n) is 4.65. The van der Waals surface area contributed by atoms with Gasteiger partial charge in [-0.2, -0.15) is 0 Å². The van der Waals surface area contributed by atoms with Crippen LogP contribution < -0.4 is 5.32 Å². The first-order chi connectivity index (χ1) is 11.2. The molecule has 1 saturated carbocycles. The Morgan fingerprint density at radius 2 is 2.00 bits per heavy atom. The highest BCUT2D eigenvalue weighted by Crippen LogP contribution is 2.51. The largest absolute Gasteiger partial charge is 0.392 e. The maximum absolute atomic E-state index is 12.5. The molecule has 3 fully saturated rings. The second kappa shape index (κ2) is 7.49. The number of aliphatic hydroxyl groups excluding tert-OH is 1. The third-order valence-electron chi connectivity index (χ3n) is 6.38. The van der Waals surface area contributed by atoms with E-state index in [2.05, 4.69) is 5.32 Å². The van der Waals surface area contributed by atoms with E-state index in [1.807, 2.05) is 11.8 Å². The van der Waals surface area contributed by atoms with Crippen LogP contribution in [0.5, 0.6) is 0 Å². The van der Waals surface area contributed by atoms with Crippen molar-refractivity contribution in [2.75, 3.05) is 32.8 Å². The highest BCUT2D eigenvalue weighted by molar-refractivity contribution is 5.76. The van der Waals surface area contributed by atoms with Gasteiger partial charge in [-0.1, -0.05) is 0 Å². The Bertz CT molecular complexity index is 399. The fraction of sp³-hybridized carbons (Fsp3) is 0.944. The maximum atomic E-state index is 12.5. The third kappa shape index (κ3) is 3.57. The van der Waals surface area contributed by atoms with Gasteiger partial charge in [-0.15, -0.1) is 0 Å². The van der Waals surface area contributed by atoms with E-state index in [0.29, 0.717) is 24.9 Å². The molecule has 2 atom stereocenters. The summed E-state index contributed by atoms with van der Waals surface area (Å²) in [4.78, 5) is 14.5. The van der Waals surface area contributed by atoms with Crippen molar-refractivity contribution in [3.63, 3.8) is 0 Å². The molecule has 3 aliphatic rings. The summed E-state index contributed by atoms with van der Waals surface area (Å²) in [6.45, 7) is 6.48. The molecule has 5 heteroatoms. The Morgan fingerprint density at radius 3 is 2.61 bits per heavy atom. The average molecular weight is 324 g/mol. The zero-order chi connectivity index (χ0) is 16.3. The van der Waals surface area contributed by atoms with Gasteiger partial charge in [-0.3, -0.25) is 4.79 Å². The van der Waals surface area contributed by atoms with Crippen LogP contribution in [0.1, 0.15) is 51.9 Å². The molecule has 0 radical (unpaired) electrons. The molecule has 2 aliphatic heterocycles. The van der Waals surface area contributed by atoms with E-state index in [0.717, 1.165) is 51.9 Å². The van der Waals surface area contributed by atoms with Crippen LogP contribution >= 0.6 is 0 Å². The lowest BCUT2D eigenvalue weighted by molar-refractivity contribution is -0.210.